The molecule has 0 bridgehead atoms. The van der Waals surface area contributed by atoms with Crippen molar-refractivity contribution in [1.82, 2.24) is 10.3 Å². The van der Waals surface area contributed by atoms with Gasteiger partial charge in [-0.1, -0.05) is 29.8 Å². The van der Waals surface area contributed by atoms with Crippen LogP contribution in [-0.2, 0) is 9.84 Å². The van der Waals surface area contributed by atoms with Gasteiger partial charge in [-0.25, -0.2) is 12.8 Å². The van der Waals surface area contributed by atoms with E-state index in [0.717, 1.165) is 17.4 Å². The van der Waals surface area contributed by atoms with Crippen molar-refractivity contribution in [3.05, 3.63) is 110 Å². The molecule has 1 aliphatic heterocycles. The quantitative estimate of drug-likeness (QED) is 0.299. The number of aryl methyl sites for hydroxylation is 1. The van der Waals surface area contributed by atoms with E-state index in [1.54, 1.807) is 36.4 Å². The average molecular weight is 569 g/mol. The maximum absolute atomic E-state index is 13.7. The SMILES string of the molecule is Cc1cc(F)ccc1C1CCC(O)(C(c2cccc(Cl)c2)c2cc3cc(S(C)(=O)=O)ccc3[nH]c2=O)CCN1. The Morgan fingerprint density at radius 2 is 1.87 bits per heavy atom. The number of aliphatic hydroxyl groups is 1. The van der Waals surface area contributed by atoms with Gasteiger partial charge in [0.1, 0.15) is 5.82 Å². The third-order valence-electron chi connectivity index (χ3n) is 7.72. The molecule has 1 saturated heterocycles. The summed E-state index contributed by atoms with van der Waals surface area (Å²) in [6.07, 6.45) is 2.40. The summed E-state index contributed by atoms with van der Waals surface area (Å²) < 4.78 is 38.1. The number of hydrogen-bond acceptors (Lipinski definition) is 5. The standard InChI is InChI=1S/C30H30ClFN2O4S/c1-18-14-22(32)6-8-24(18)27-10-11-30(36,12-13-33-27)28(19-4-3-5-21(31)15-19)25-17-20-16-23(39(2,37)38)7-9-26(20)34-29(25)35/h3-9,14-17,27-28,33,36H,10-13H2,1-2H3,(H,34,35). The highest BCUT2D eigenvalue weighted by Crippen LogP contribution is 2.43. The maximum atomic E-state index is 13.7. The van der Waals surface area contributed by atoms with Gasteiger partial charge in [-0.05, 0) is 103 Å². The smallest absolute Gasteiger partial charge is 0.252 e. The highest BCUT2D eigenvalue weighted by atomic mass is 35.5. The first kappa shape index (κ1) is 27.5. The van der Waals surface area contributed by atoms with Crippen LogP contribution in [0.4, 0.5) is 4.39 Å². The fourth-order valence-electron chi connectivity index (χ4n) is 5.78. The van der Waals surface area contributed by atoms with E-state index in [2.05, 4.69) is 10.3 Å². The minimum atomic E-state index is -3.46. The van der Waals surface area contributed by atoms with Gasteiger partial charge in [-0.3, -0.25) is 4.79 Å². The molecule has 3 unspecified atom stereocenters. The van der Waals surface area contributed by atoms with Crippen LogP contribution in [0.2, 0.25) is 5.02 Å². The minimum absolute atomic E-state index is 0.0909. The second kappa shape index (κ2) is 10.5. The second-order valence-corrected chi connectivity index (χ2v) is 12.9. The van der Waals surface area contributed by atoms with Crippen LogP contribution >= 0.6 is 11.6 Å². The monoisotopic (exact) mass is 568 g/mol. The molecule has 6 nitrogen and oxygen atoms in total. The lowest BCUT2D eigenvalue weighted by Crippen LogP contribution is -2.40. The normalized spacial score (nSPS) is 21.0. The van der Waals surface area contributed by atoms with Gasteiger partial charge in [-0.15, -0.1) is 0 Å². The summed E-state index contributed by atoms with van der Waals surface area (Å²) in [5, 5.41) is 16.8. The Balaban J connectivity index is 1.61. The largest absolute Gasteiger partial charge is 0.389 e. The Morgan fingerprint density at radius 3 is 2.59 bits per heavy atom. The molecule has 4 aromatic rings. The highest BCUT2D eigenvalue weighted by Gasteiger charge is 2.42. The molecule has 1 aliphatic rings. The van der Waals surface area contributed by atoms with Crippen molar-refractivity contribution in [2.45, 2.75) is 48.6 Å². The fraction of sp³-hybridized carbons (Fsp3) is 0.300. The number of pyridine rings is 1. The summed E-state index contributed by atoms with van der Waals surface area (Å²) in [4.78, 5) is 16.5. The molecule has 9 heteroatoms. The van der Waals surface area contributed by atoms with Gasteiger partial charge in [0, 0.05) is 34.3 Å². The molecule has 3 N–H and O–H groups in total. The summed E-state index contributed by atoms with van der Waals surface area (Å²) in [6, 6.07) is 18.0. The molecule has 3 atom stereocenters. The van der Waals surface area contributed by atoms with Crippen molar-refractivity contribution < 1.29 is 17.9 Å². The molecule has 1 fully saturated rings. The molecular weight excluding hydrogens is 539 g/mol. The van der Waals surface area contributed by atoms with Gasteiger partial charge in [0.2, 0.25) is 0 Å². The van der Waals surface area contributed by atoms with E-state index in [1.165, 1.54) is 24.3 Å². The van der Waals surface area contributed by atoms with Gasteiger partial charge in [0.25, 0.3) is 5.56 Å². The van der Waals surface area contributed by atoms with E-state index in [1.807, 2.05) is 13.0 Å². The maximum Gasteiger partial charge on any atom is 0.252 e. The molecule has 5 rings (SSSR count). The zero-order chi connectivity index (χ0) is 27.9. The van der Waals surface area contributed by atoms with Gasteiger partial charge in [-0.2, -0.15) is 0 Å². The van der Waals surface area contributed by atoms with Crippen LogP contribution in [0.1, 0.15) is 53.5 Å². The van der Waals surface area contributed by atoms with Crippen LogP contribution in [0.25, 0.3) is 10.9 Å². The zero-order valence-electron chi connectivity index (χ0n) is 21.7. The lowest BCUT2D eigenvalue weighted by molar-refractivity contribution is 0.0108. The zero-order valence-corrected chi connectivity index (χ0v) is 23.2. The van der Waals surface area contributed by atoms with E-state index in [0.29, 0.717) is 52.9 Å². The van der Waals surface area contributed by atoms with Crippen LogP contribution in [0.15, 0.2) is 76.4 Å². The van der Waals surface area contributed by atoms with Crippen LogP contribution in [0.5, 0.6) is 0 Å². The fourth-order valence-corrected chi connectivity index (χ4v) is 6.64. The topological polar surface area (TPSA) is 99.3 Å². The molecule has 204 valence electrons. The number of aromatic nitrogens is 1. The Bertz CT molecular complexity index is 1720. The Morgan fingerprint density at radius 1 is 1.08 bits per heavy atom. The average Bonchev–Trinajstić information content (AvgIpc) is 3.06. The Hall–Kier alpha value is -3.04. The van der Waals surface area contributed by atoms with Crippen LogP contribution in [0.3, 0.4) is 0 Å². The molecule has 2 heterocycles. The summed E-state index contributed by atoms with van der Waals surface area (Å²) >= 11 is 6.35. The van der Waals surface area contributed by atoms with Crippen molar-refractivity contribution in [1.29, 1.82) is 0 Å². The van der Waals surface area contributed by atoms with Gasteiger partial charge in [0.15, 0.2) is 9.84 Å². The highest BCUT2D eigenvalue weighted by molar-refractivity contribution is 7.90. The first-order valence-electron chi connectivity index (χ1n) is 12.8. The van der Waals surface area contributed by atoms with E-state index in [4.69, 9.17) is 11.6 Å². The molecule has 3 aromatic carbocycles. The van der Waals surface area contributed by atoms with E-state index < -0.39 is 21.4 Å². The molecule has 0 amide bonds. The molecule has 0 spiro atoms. The lowest BCUT2D eigenvalue weighted by Gasteiger charge is -2.36. The van der Waals surface area contributed by atoms with Gasteiger partial charge >= 0.3 is 0 Å². The summed E-state index contributed by atoms with van der Waals surface area (Å²) in [6.45, 7) is 2.34. The Kier molecular flexibility index (Phi) is 7.41. The van der Waals surface area contributed by atoms with Crippen LogP contribution in [-0.4, -0.2) is 36.9 Å². The molecule has 0 aliphatic carbocycles. The van der Waals surface area contributed by atoms with Crippen LogP contribution < -0.4 is 10.9 Å². The number of sulfone groups is 1. The molecule has 0 saturated carbocycles. The second-order valence-electron chi connectivity index (χ2n) is 10.5. The number of nitrogens with one attached hydrogen (secondary N) is 2. The van der Waals surface area contributed by atoms with Crippen molar-refractivity contribution in [2.75, 3.05) is 12.8 Å². The van der Waals surface area contributed by atoms with Crippen molar-refractivity contribution >= 4 is 32.3 Å². The van der Waals surface area contributed by atoms with Crippen LogP contribution in [0, 0.1) is 12.7 Å². The number of hydrogen-bond donors (Lipinski definition) is 3. The van der Waals surface area contributed by atoms with Crippen molar-refractivity contribution in [3.63, 3.8) is 0 Å². The molecule has 0 radical (unpaired) electrons. The number of aromatic amines is 1. The van der Waals surface area contributed by atoms with Crippen molar-refractivity contribution in [2.24, 2.45) is 0 Å². The van der Waals surface area contributed by atoms with E-state index in [-0.39, 0.29) is 22.3 Å². The predicted octanol–water partition coefficient (Wildman–Crippen LogP) is 5.41. The summed E-state index contributed by atoms with van der Waals surface area (Å²) in [7, 11) is -3.46. The molecular formula is C30H30ClFN2O4S. The number of H-pyrrole nitrogens is 1. The first-order valence-corrected chi connectivity index (χ1v) is 15.1. The lowest BCUT2D eigenvalue weighted by atomic mass is 9.73. The van der Waals surface area contributed by atoms with Gasteiger partial charge in [0.05, 0.1) is 10.5 Å². The number of fused-ring (bicyclic) bond motifs is 1. The molecule has 1 aromatic heterocycles. The predicted molar refractivity (Wildman–Crippen MR) is 152 cm³/mol. The Labute approximate surface area is 231 Å². The van der Waals surface area contributed by atoms with E-state index >= 15 is 0 Å². The number of rotatable bonds is 5. The number of halogens is 2. The third kappa shape index (κ3) is 5.65. The minimum Gasteiger partial charge on any atom is -0.389 e. The number of benzene rings is 3. The summed E-state index contributed by atoms with van der Waals surface area (Å²) in [5.41, 5.74) is 1.63. The molecule has 39 heavy (non-hydrogen) atoms. The first-order chi connectivity index (χ1) is 18.4. The van der Waals surface area contributed by atoms with E-state index in [9.17, 15) is 22.7 Å². The summed E-state index contributed by atoms with van der Waals surface area (Å²) in [5.74, 6) is -1.03. The third-order valence-corrected chi connectivity index (χ3v) is 9.07. The van der Waals surface area contributed by atoms with Crippen molar-refractivity contribution in [3.8, 4) is 0 Å². The van der Waals surface area contributed by atoms with Gasteiger partial charge < -0.3 is 15.4 Å².